The van der Waals surface area contributed by atoms with E-state index in [1.165, 1.54) is 0 Å². The van der Waals surface area contributed by atoms with Crippen molar-refractivity contribution in [3.8, 4) is 11.1 Å². The Morgan fingerprint density at radius 3 is 2.38 bits per heavy atom. The Morgan fingerprint density at radius 2 is 1.77 bits per heavy atom. The molecule has 5 rings (SSSR count). The Balaban J connectivity index is 1.32. The van der Waals surface area contributed by atoms with Crippen molar-refractivity contribution < 1.29 is 24.2 Å². The van der Waals surface area contributed by atoms with E-state index in [2.05, 4.69) is 4.98 Å². The molecule has 2 heterocycles. The van der Waals surface area contributed by atoms with E-state index in [9.17, 15) is 14.7 Å². The Morgan fingerprint density at radius 1 is 1.07 bits per heavy atom. The molecule has 2 unspecified atom stereocenters. The van der Waals surface area contributed by atoms with Crippen LogP contribution in [0.5, 0.6) is 0 Å². The second kappa shape index (κ2) is 10.7. The van der Waals surface area contributed by atoms with Crippen LogP contribution in [0.25, 0.3) is 11.1 Å². The van der Waals surface area contributed by atoms with Gasteiger partial charge in [-0.25, -0.2) is 4.79 Å². The Bertz CT molecular complexity index is 1360. The van der Waals surface area contributed by atoms with Gasteiger partial charge in [0, 0.05) is 25.6 Å². The van der Waals surface area contributed by atoms with Crippen molar-refractivity contribution in [1.82, 2.24) is 9.88 Å². The molecule has 0 radical (unpaired) electrons. The minimum Gasteiger partial charge on any atom is -0.465 e. The molecule has 210 valence electrons. The van der Waals surface area contributed by atoms with Gasteiger partial charge in [0.05, 0.1) is 23.9 Å². The van der Waals surface area contributed by atoms with Crippen molar-refractivity contribution in [3.63, 3.8) is 0 Å². The Hall–Kier alpha value is -3.71. The fourth-order valence-corrected chi connectivity index (χ4v) is 5.86. The molecule has 7 heteroatoms. The molecule has 3 aromatic rings. The van der Waals surface area contributed by atoms with E-state index in [0.29, 0.717) is 26.0 Å². The Labute approximate surface area is 236 Å². The van der Waals surface area contributed by atoms with Gasteiger partial charge >= 0.3 is 12.1 Å². The van der Waals surface area contributed by atoms with Crippen LogP contribution in [-0.4, -0.2) is 45.8 Å². The highest BCUT2D eigenvalue weighted by atomic mass is 16.6. The zero-order valence-corrected chi connectivity index (χ0v) is 23.7. The average molecular weight is 543 g/mol. The molecule has 1 aliphatic heterocycles. The number of benzene rings is 2. The summed E-state index contributed by atoms with van der Waals surface area (Å²) < 4.78 is 11.5. The number of hydrogen-bond donors (Lipinski definition) is 1. The van der Waals surface area contributed by atoms with Gasteiger partial charge in [-0.3, -0.25) is 9.78 Å². The third-order valence-electron chi connectivity index (χ3n) is 8.15. The van der Waals surface area contributed by atoms with E-state index in [1.807, 2.05) is 80.6 Å². The molecule has 2 aliphatic rings. The van der Waals surface area contributed by atoms with Gasteiger partial charge in [-0.05, 0) is 74.9 Å². The predicted octanol–water partition coefficient (Wildman–Crippen LogP) is 6.30. The van der Waals surface area contributed by atoms with Crippen LogP contribution in [0.15, 0.2) is 72.9 Å². The normalized spacial score (nSPS) is 20.9. The maximum atomic E-state index is 13.4. The van der Waals surface area contributed by atoms with E-state index in [1.54, 1.807) is 24.9 Å². The summed E-state index contributed by atoms with van der Waals surface area (Å²) in [6.45, 7) is 8.18. The molecule has 1 N–H and O–H groups in total. The monoisotopic (exact) mass is 542 g/mol. The van der Waals surface area contributed by atoms with E-state index in [4.69, 9.17) is 9.47 Å². The lowest BCUT2D eigenvalue weighted by atomic mass is 9.80. The molecule has 1 aliphatic carbocycles. The van der Waals surface area contributed by atoms with E-state index < -0.39 is 16.6 Å². The second-order valence-corrected chi connectivity index (χ2v) is 11.7. The predicted molar refractivity (Wildman–Crippen MR) is 152 cm³/mol. The molecule has 0 bridgehead atoms. The molecule has 7 nitrogen and oxygen atoms in total. The number of amides is 1. The lowest BCUT2D eigenvalue weighted by Crippen LogP contribution is -2.51. The first-order chi connectivity index (χ1) is 19.1. The Kier molecular flexibility index (Phi) is 7.44. The molecule has 1 amide bonds. The van der Waals surface area contributed by atoms with Crippen LogP contribution in [0.2, 0.25) is 0 Å². The third-order valence-corrected chi connectivity index (χ3v) is 8.15. The molecule has 2 atom stereocenters. The number of aliphatic hydroxyl groups is 1. The number of nitrogens with zero attached hydrogens (tertiary/aromatic N) is 2. The summed E-state index contributed by atoms with van der Waals surface area (Å²) in [6, 6.07) is 21.6. The highest BCUT2D eigenvalue weighted by molar-refractivity contribution is 5.86. The van der Waals surface area contributed by atoms with Gasteiger partial charge in [-0.1, -0.05) is 54.6 Å². The number of hydrogen-bond acceptors (Lipinski definition) is 6. The van der Waals surface area contributed by atoms with Crippen LogP contribution in [0.4, 0.5) is 4.79 Å². The molecule has 0 spiro atoms. The minimum atomic E-state index is -0.998. The first-order valence-corrected chi connectivity index (χ1v) is 14.1. The van der Waals surface area contributed by atoms with Crippen LogP contribution in [0.1, 0.15) is 76.2 Å². The average Bonchev–Trinajstić information content (AvgIpc) is 3.75. The van der Waals surface area contributed by atoms with Gasteiger partial charge in [-0.15, -0.1) is 0 Å². The van der Waals surface area contributed by atoms with Crippen molar-refractivity contribution in [2.24, 2.45) is 0 Å². The zero-order chi connectivity index (χ0) is 28.5. The van der Waals surface area contributed by atoms with Crippen LogP contribution in [0.3, 0.4) is 0 Å². The number of carbonyl (C=O) groups excluding carboxylic acids is 2. The molecular weight excluding hydrogens is 504 g/mol. The van der Waals surface area contributed by atoms with Crippen molar-refractivity contribution in [1.29, 1.82) is 0 Å². The minimum absolute atomic E-state index is 0.191. The van der Waals surface area contributed by atoms with Crippen LogP contribution in [0, 0.1) is 0 Å². The largest absolute Gasteiger partial charge is 0.465 e. The number of rotatable bonds is 9. The number of ether oxygens (including phenoxy) is 2. The highest BCUT2D eigenvalue weighted by Crippen LogP contribution is 2.49. The molecule has 1 saturated heterocycles. The van der Waals surface area contributed by atoms with Gasteiger partial charge in [0.1, 0.15) is 11.0 Å². The number of esters is 1. The molecular formula is C33H38N2O5. The zero-order valence-electron chi connectivity index (χ0n) is 23.7. The summed E-state index contributed by atoms with van der Waals surface area (Å²) in [4.78, 5) is 32.2. The van der Waals surface area contributed by atoms with Gasteiger partial charge in [0.25, 0.3) is 0 Å². The van der Waals surface area contributed by atoms with E-state index >= 15 is 0 Å². The molecule has 2 aromatic carbocycles. The topological polar surface area (TPSA) is 89.0 Å². The fourth-order valence-electron chi connectivity index (χ4n) is 5.86. The quantitative estimate of drug-likeness (QED) is 0.319. The summed E-state index contributed by atoms with van der Waals surface area (Å²) in [7, 11) is 0. The van der Waals surface area contributed by atoms with E-state index in [-0.39, 0.29) is 18.1 Å². The van der Waals surface area contributed by atoms with Gasteiger partial charge in [0.2, 0.25) is 0 Å². The molecule has 2 fully saturated rings. The maximum absolute atomic E-state index is 13.4. The van der Waals surface area contributed by atoms with Gasteiger partial charge < -0.3 is 19.5 Å². The lowest BCUT2D eigenvalue weighted by molar-refractivity contribution is -0.146. The summed E-state index contributed by atoms with van der Waals surface area (Å²) in [5.41, 5.74) is 2.15. The van der Waals surface area contributed by atoms with Crippen LogP contribution in [-0.2, 0) is 25.3 Å². The summed E-state index contributed by atoms with van der Waals surface area (Å²) in [5, 5.41) is 10.6. The van der Waals surface area contributed by atoms with Crippen LogP contribution >= 0.6 is 0 Å². The van der Waals surface area contributed by atoms with Crippen molar-refractivity contribution in [2.45, 2.75) is 76.0 Å². The maximum Gasteiger partial charge on any atom is 0.411 e. The number of carbonyl (C=O) groups is 2. The van der Waals surface area contributed by atoms with Crippen LogP contribution < -0.4 is 0 Å². The number of cyclic esters (lactones) is 1. The summed E-state index contributed by atoms with van der Waals surface area (Å²) in [5.74, 6) is -0.198. The van der Waals surface area contributed by atoms with Crippen molar-refractivity contribution in [3.05, 3.63) is 89.7 Å². The molecule has 1 saturated carbocycles. The standard InChI is InChI=1S/C33H38N2O5/c1-5-39-29(36)32(16-17-32)28-21-26(15-19-34-28)25-13-11-24(12-14-25)23(2)35-20-18-33(40-30(35)37,22-31(3,4)38)27-9-7-6-8-10-27/h6-15,19,21,23,38H,5,16-18,20,22H2,1-4H3. The molecule has 1 aromatic heterocycles. The second-order valence-electron chi connectivity index (χ2n) is 11.7. The smallest absolute Gasteiger partial charge is 0.411 e. The SMILES string of the molecule is CCOC(=O)C1(c2cc(-c3ccc(C(C)N4CCC(CC(C)(C)O)(c5ccccc5)OC4=O)cc3)ccn2)CC1. The van der Waals surface area contributed by atoms with Crippen molar-refractivity contribution in [2.75, 3.05) is 13.2 Å². The summed E-state index contributed by atoms with van der Waals surface area (Å²) in [6.07, 6.45) is 3.77. The first kappa shape index (κ1) is 27.8. The van der Waals surface area contributed by atoms with Crippen molar-refractivity contribution >= 4 is 12.1 Å². The first-order valence-electron chi connectivity index (χ1n) is 14.1. The fraction of sp³-hybridized carbons (Fsp3) is 0.424. The summed E-state index contributed by atoms with van der Waals surface area (Å²) >= 11 is 0. The number of pyridine rings is 1. The third kappa shape index (κ3) is 5.48. The van der Waals surface area contributed by atoms with Gasteiger partial charge in [0.15, 0.2) is 0 Å². The molecule has 40 heavy (non-hydrogen) atoms. The van der Waals surface area contributed by atoms with E-state index in [0.717, 1.165) is 40.8 Å². The highest BCUT2D eigenvalue weighted by Gasteiger charge is 2.54. The number of aromatic nitrogens is 1. The lowest BCUT2D eigenvalue weighted by Gasteiger charge is -2.45. The van der Waals surface area contributed by atoms with Gasteiger partial charge in [-0.2, -0.15) is 0 Å².